The fourth-order valence-electron chi connectivity index (χ4n) is 3.29. The third kappa shape index (κ3) is 3.81. The zero-order valence-corrected chi connectivity index (χ0v) is 15.5. The summed E-state index contributed by atoms with van der Waals surface area (Å²) < 4.78 is 46.6. The summed E-state index contributed by atoms with van der Waals surface area (Å²) in [5, 5.41) is 0. The van der Waals surface area contributed by atoms with E-state index in [2.05, 4.69) is 14.6 Å². The number of nitrogens with one attached hydrogen (secondary N) is 1. The lowest BCUT2D eigenvalue weighted by atomic mass is 9.97. The Labute approximate surface area is 157 Å². The van der Waals surface area contributed by atoms with Crippen molar-refractivity contribution >= 4 is 27.1 Å². The van der Waals surface area contributed by atoms with Gasteiger partial charge in [-0.2, -0.15) is 4.98 Å². The van der Waals surface area contributed by atoms with Gasteiger partial charge in [0.25, 0.3) is 6.01 Å². The van der Waals surface area contributed by atoms with Crippen molar-refractivity contribution in [2.45, 2.75) is 17.7 Å². The molecule has 1 aliphatic rings. The van der Waals surface area contributed by atoms with Crippen molar-refractivity contribution in [1.29, 1.82) is 0 Å². The van der Waals surface area contributed by atoms with Gasteiger partial charge in [0.05, 0.1) is 0 Å². The van der Waals surface area contributed by atoms with Crippen molar-refractivity contribution in [2.75, 3.05) is 24.5 Å². The standard InChI is InChI=1S/C19H20FN3O3S/c20-15-5-1-4-8-18(15)27(24,25)21-13-14-9-11-23(12-10-14)19-22-16-6-2-3-7-17(16)26-19/h1-8,14,21H,9-13H2. The number of hydrogen-bond acceptors (Lipinski definition) is 5. The number of anilines is 1. The maximum absolute atomic E-state index is 13.7. The van der Waals surface area contributed by atoms with E-state index in [4.69, 9.17) is 4.42 Å². The molecule has 1 aromatic heterocycles. The summed E-state index contributed by atoms with van der Waals surface area (Å²) in [5.41, 5.74) is 1.58. The second kappa shape index (κ2) is 7.28. The van der Waals surface area contributed by atoms with Crippen LogP contribution in [0.1, 0.15) is 12.8 Å². The maximum Gasteiger partial charge on any atom is 0.298 e. The summed E-state index contributed by atoms with van der Waals surface area (Å²) in [4.78, 5) is 6.26. The molecule has 0 spiro atoms. The highest BCUT2D eigenvalue weighted by Gasteiger charge is 2.25. The van der Waals surface area contributed by atoms with E-state index >= 15 is 0 Å². The van der Waals surface area contributed by atoms with Crippen molar-refractivity contribution < 1.29 is 17.2 Å². The SMILES string of the molecule is O=S(=O)(NCC1CCN(c2nc3ccccc3o2)CC1)c1ccccc1F. The first-order chi connectivity index (χ1) is 13.0. The molecule has 0 atom stereocenters. The highest BCUT2D eigenvalue weighted by Crippen LogP contribution is 2.26. The molecule has 2 aromatic carbocycles. The molecule has 0 radical (unpaired) electrons. The zero-order valence-electron chi connectivity index (χ0n) is 14.6. The Bertz CT molecular complexity index is 1010. The average Bonchev–Trinajstić information content (AvgIpc) is 3.11. The van der Waals surface area contributed by atoms with E-state index in [1.54, 1.807) is 0 Å². The topological polar surface area (TPSA) is 75.4 Å². The molecule has 6 nitrogen and oxygen atoms in total. The van der Waals surface area contributed by atoms with Gasteiger partial charge in [-0.25, -0.2) is 17.5 Å². The van der Waals surface area contributed by atoms with Crippen LogP contribution in [0.15, 0.2) is 57.8 Å². The van der Waals surface area contributed by atoms with Crippen LogP contribution in [-0.4, -0.2) is 33.0 Å². The number of para-hydroxylation sites is 2. The third-order valence-corrected chi connectivity index (χ3v) is 6.31. The maximum atomic E-state index is 13.7. The number of oxazole rings is 1. The van der Waals surface area contributed by atoms with Crippen LogP contribution in [0.5, 0.6) is 0 Å². The molecular weight excluding hydrogens is 369 g/mol. The Morgan fingerprint density at radius 1 is 1.11 bits per heavy atom. The smallest absolute Gasteiger partial charge is 0.298 e. The number of hydrogen-bond donors (Lipinski definition) is 1. The van der Waals surface area contributed by atoms with Crippen LogP contribution in [0.2, 0.25) is 0 Å². The lowest BCUT2D eigenvalue weighted by molar-refractivity contribution is 0.387. The molecule has 142 valence electrons. The fraction of sp³-hybridized carbons (Fsp3) is 0.316. The van der Waals surface area contributed by atoms with Crippen LogP contribution in [-0.2, 0) is 10.0 Å². The first kappa shape index (κ1) is 17.9. The van der Waals surface area contributed by atoms with Crippen LogP contribution in [0.4, 0.5) is 10.4 Å². The molecule has 4 rings (SSSR count). The van der Waals surface area contributed by atoms with Crippen LogP contribution in [0, 0.1) is 11.7 Å². The van der Waals surface area contributed by atoms with E-state index in [9.17, 15) is 12.8 Å². The Hall–Kier alpha value is -2.45. The molecule has 3 aromatic rings. The van der Waals surface area contributed by atoms with Crippen molar-refractivity contribution in [2.24, 2.45) is 5.92 Å². The predicted molar refractivity (Wildman–Crippen MR) is 101 cm³/mol. The van der Waals surface area contributed by atoms with Gasteiger partial charge in [0.2, 0.25) is 10.0 Å². The predicted octanol–water partition coefficient (Wildman–Crippen LogP) is 3.16. The number of sulfonamides is 1. The number of nitrogens with zero attached hydrogens (tertiary/aromatic N) is 2. The normalized spacial score (nSPS) is 16.1. The van der Waals surface area contributed by atoms with E-state index in [0.717, 1.165) is 43.1 Å². The quantitative estimate of drug-likeness (QED) is 0.725. The molecule has 0 bridgehead atoms. The van der Waals surface area contributed by atoms with Crippen LogP contribution in [0.25, 0.3) is 11.1 Å². The van der Waals surface area contributed by atoms with Crippen molar-refractivity contribution in [3.8, 4) is 0 Å². The molecule has 0 unspecified atom stereocenters. The van der Waals surface area contributed by atoms with E-state index in [1.807, 2.05) is 24.3 Å². The number of aromatic nitrogens is 1. The Morgan fingerprint density at radius 2 is 1.81 bits per heavy atom. The highest BCUT2D eigenvalue weighted by atomic mass is 32.2. The number of benzene rings is 2. The lowest BCUT2D eigenvalue weighted by Gasteiger charge is -2.30. The zero-order chi connectivity index (χ0) is 18.9. The summed E-state index contributed by atoms with van der Waals surface area (Å²) in [6, 6.07) is 13.6. The van der Waals surface area contributed by atoms with Gasteiger partial charge in [-0.15, -0.1) is 0 Å². The van der Waals surface area contributed by atoms with E-state index in [0.29, 0.717) is 6.01 Å². The van der Waals surface area contributed by atoms with Gasteiger partial charge in [0, 0.05) is 19.6 Å². The molecule has 2 heterocycles. The molecular formula is C19H20FN3O3S. The van der Waals surface area contributed by atoms with Gasteiger partial charge in [-0.3, -0.25) is 0 Å². The molecule has 0 saturated carbocycles. The molecule has 27 heavy (non-hydrogen) atoms. The molecule has 1 aliphatic heterocycles. The molecule has 8 heteroatoms. The minimum absolute atomic E-state index is 0.187. The number of rotatable bonds is 5. The average molecular weight is 389 g/mol. The summed E-state index contributed by atoms with van der Waals surface area (Å²) in [6.07, 6.45) is 1.61. The monoisotopic (exact) mass is 389 g/mol. The van der Waals surface area contributed by atoms with Gasteiger partial charge < -0.3 is 9.32 Å². The van der Waals surface area contributed by atoms with Gasteiger partial charge in [-0.05, 0) is 43.0 Å². The Balaban J connectivity index is 1.35. The Morgan fingerprint density at radius 3 is 2.56 bits per heavy atom. The molecule has 0 aliphatic carbocycles. The van der Waals surface area contributed by atoms with Crippen LogP contribution >= 0.6 is 0 Å². The van der Waals surface area contributed by atoms with E-state index in [1.165, 1.54) is 18.2 Å². The van der Waals surface area contributed by atoms with Crippen LogP contribution < -0.4 is 9.62 Å². The molecule has 1 saturated heterocycles. The van der Waals surface area contributed by atoms with Gasteiger partial charge in [0.15, 0.2) is 5.58 Å². The summed E-state index contributed by atoms with van der Waals surface area (Å²) >= 11 is 0. The fourth-order valence-corrected chi connectivity index (χ4v) is 4.48. The summed E-state index contributed by atoms with van der Waals surface area (Å²) in [7, 11) is -3.84. The summed E-state index contributed by atoms with van der Waals surface area (Å²) in [6.45, 7) is 1.76. The minimum atomic E-state index is -3.84. The number of fused-ring (bicyclic) bond motifs is 1. The lowest BCUT2D eigenvalue weighted by Crippen LogP contribution is -2.39. The largest absolute Gasteiger partial charge is 0.423 e. The Kier molecular flexibility index (Phi) is 4.84. The molecule has 0 amide bonds. The second-order valence-corrected chi connectivity index (χ2v) is 8.41. The van der Waals surface area contributed by atoms with Gasteiger partial charge in [0.1, 0.15) is 16.2 Å². The first-order valence-corrected chi connectivity index (χ1v) is 10.4. The number of halogens is 1. The highest BCUT2D eigenvalue weighted by molar-refractivity contribution is 7.89. The van der Waals surface area contributed by atoms with Gasteiger partial charge in [-0.1, -0.05) is 24.3 Å². The first-order valence-electron chi connectivity index (χ1n) is 8.88. The van der Waals surface area contributed by atoms with Crippen LogP contribution in [0.3, 0.4) is 0 Å². The second-order valence-electron chi connectivity index (χ2n) is 6.68. The van der Waals surface area contributed by atoms with Crippen molar-refractivity contribution in [3.05, 3.63) is 54.3 Å². The van der Waals surface area contributed by atoms with E-state index in [-0.39, 0.29) is 17.4 Å². The van der Waals surface area contributed by atoms with E-state index < -0.39 is 15.8 Å². The van der Waals surface area contributed by atoms with Gasteiger partial charge >= 0.3 is 0 Å². The number of piperidine rings is 1. The third-order valence-electron chi connectivity index (χ3n) is 4.86. The summed E-state index contributed by atoms with van der Waals surface area (Å²) in [5.74, 6) is -0.553. The molecule has 1 N–H and O–H groups in total. The molecule has 1 fully saturated rings. The minimum Gasteiger partial charge on any atom is -0.423 e. The van der Waals surface area contributed by atoms with Crippen molar-refractivity contribution in [1.82, 2.24) is 9.71 Å². The van der Waals surface area contributed by atoms with Crippen molar-refractivity contribution in [3.63, 3.8) is 0 Å².